The van der Waals surface area contributed by atoms with Crippen LogP contribution in [0.1, 0.15) is 16.8 Å². The number of benzene rings is 1. The van der Waals surface area contributed by atoms with Crippen LogP contribution in [0.5, 0.6) is 5.75 Å². The van der Waals surface area contributed by atoms with Gasteiger partial charge in [0.05, 0.1) is 7.11 Å². The lowest BCUT2D eigenvalue weighted by Gasteiger charge is -2.06. The number of rotatable bonds is 4. The first kappa shape index (κ1) is 10.7. The molecule has 0 fully saturated rings. The van der Waals surface area contributed by atoms with E-state index in [-0.39, 0.29) is 11.7 Å². The fourth-order valence-electron chi connectivity index (χ4n) is 1.74. The Morgan fingerprint density at radius 2 is 2.06 bits per heavy atom. The van der Waals surface area contributed by atoms with Crippen molar-refractivity contribution in [2.45, 2.75) is 6.42 Å². The first-order valence-electron chi connectivity index (χ1n) is 5.32. The third kappa shape index (κ3) is 2.40. The largest absolute Gasteiger partial charge is 0.497 e. The molecule has 16 heavy (non-hydrogen) atoms. The summed E-state index contributed by atoms with van der Waals surface area (Å²) in [4.78, 5) is 11.9. The SMILES string of the molecule is COc1cccc(C(=O)CC2C=CC=C2)c1. The van der Waals surface area contributed by atoms with E-state index in [1.54, 1.807) is 13.2 Å². The molecule has 2 heteroatoms. The molecule has 0 atom stereocenters. The highest BCUT2D eigenvalue weighted by Crippen LogP contribution is 2.19. The molecule has 1 aliphatic rings. The summed E-state index contributed by atoms with van der Waals surface area (Å²) in [6.45, 7) is 0. The van der Waals surface area contributed by atoms with E-state index in [0.29, 0.717) is 12.0 Å². The lowest BCUT2D eigenvalue weighted by Crippen LogP contribution is -2.04. The lowest BCUT2D eigenvalue weighted by atomic mass is 9.99. The van der Waals surface area contributed by atoms with Crippen LogP contribution in [0.3, 0.4) is 0 Å². The van der Waals surface area contributed by atoms with Crippen LogP contribution in [-0.4, -0.2) is 12.9 Å². The molecule has 2 rings (SSSR count). The number of hydrogen-bond donors (Lipinski definition) is 0. The average molecular weight is 214 g/mol. The lowest BCUT2D eigenvalue weighted by molar-refractivity contribution is 0.0975. The van der Waals surface area contributed by atoms with Crippen molar-refractivity contribution in [3.8, 4) is 5.75 Å². The van der Waals surface area contributed by atoms with Gasteiger partial charge in [-0.3, -0.25) is 4.79 Å². The Morgan fingerprint density at radius 1 is 1.31 bits per heavy atom. The second-order valence-corrected chi connectivity index (χ2v) is 3.79. The molecule has 0 bridgehead atoms. The van der Waals surface area contributed by atoms with Gasteiger partial charge in [0.15, 0.2) is 5.78 Å². The van der Waals surface area contributed by atoms with Crippen molar-refractivity contribution in [3.63, 3.8) is 0 Å². The van der Waals surface area contributed by atoms with Crippen molar-refractivity contribution in [2.75, 3.05) is 7.11 Å². The molecule has 0 radical (unpaired) electrons. The fourth-order valence-corrected chi connectivity index (χ4v) is 1.74. The van der Waals surface area contributed by atoms with Crippen LogP contribution in [-0.2, 0) is 0 Å². The van der Waals surface area contributed by atoms with Crippen LogP contribution in [0.4, 0.5) is 0 Å². The van der Waals surface area contributed by atoms with Crippen molar-refractivity contribution in [1.29, 1.82) is 0 Å². The summed E-state index contributed by atoms with van der Waals surface area (Å²) in [5.41, 5.74) is 0.716. The van der Waals surface area contributed by atoms with Gasteiger partial charge in [-0.05, 0) is 12.1 Å². The number of methoxy groups -OCH3 is 1. The zero-order valence-corrected chi connectivity index (χ0v) is 9.22. The summed E-state index contributed by atoms with van der Waals surface area (Å²) < 4.78 is 5.09. The molecule has 0 amide bonds. The van der Waals surface area contributed by atoms with Crippen LogP contribution in [0.25, 0.3) is 0 Å². The van der Waals surface area contributed by atoms with Crippen LogP contribution in [0.2, 0.25) is 0 Å². The quantitative estimate of drug-likeness (QED) is 0.720. The Bertz CT molecular complexity index is 432. The van der Waals surface area contributed by atoms with Gasteiger partial charge in [-0.1, -0.05) is 36.4 Å². The Labute approximate surface area is 95.2 Å². The average Bonchev–Trinajstić information content (AvgIpc) is 2.82. The fraction of sp³-hybridized carbons (Fsp3) is 0.214. The molecule has 1 aromatic rings. The van der Waals surface area contributed by atoms with E-state index in [0.717, 1.165) is 5.75 Å². The highest BCUT2D eigenvalue weighted by atomic mass is 16.5. The number of carbonyl (C=O) groups is 1. The molecule has 0 aliphatic heterocycles. The molecule has 1 aliphatic carbocycles. The maximum Gasteiger partial charge on any atom is 0.163 e. The Hall–Kier alpha value is -1.83. The van der Waals surface area contributed by atoms with Crippen LogP contribution in [0, 0.1) is 5.92 Å². The van der Waals surface area contributed by atoms with Crippen molar-refractivity contribution in [2.24, 2.45) is 5.92 Å². The highest BCUT2D eigenvalue weighted by molar-refractivity contribution is 5.96. The monoisotopic (exact) mass is 214 g/mol. The first-order valence-corrected chi connectivity index (χ1v) is 5.32. The molecule has 0 heterocycles. The minimum absolute atomic E-state index is 0.153. The molecule has 0 N–H and O–H groups in total. The van der Waals surface area contributed by atoms with Gasteiger partial charge in [-0.25, -0.2) is 0 Å². The number of ketones is 1. The van der Waals surface area contributed by atoms with E-state index in [9.17, 15) is 4.79 Å². The topological polar surface area (TPSA) is 26.3 Å². The Morgan fingerprint density at radius 3 is 2.75 bits per heavy atom. The summed E-state index contributed by atoms with van der Waals surface area (Å²) in [5.74, 6) is 1.13. The van der Waals surface area contributed by atoms with E-state index < -0.39 is 0 Å². The van der Waals surface area contributed by atoms with Crippen LogP contribution in [0.15, 0.2) is 48.6 Å². The van der Waals surface area contributed by atoms with Gasteiger partial charge in [0.1, 0.15) is 5.75 Å². The predicted octanol–water partition coefficient (Wildman–Crippen LogP) is 3.01. The van der Waals surface area contributed by atoms with E-state index in [4.69, 9.17) is 4.74 Å². The predicted molar refractivity (Wildman–Crippen MR) is 63.7 cm³/mol. The third-order valence-electron chi connectivity index (χ3n) is 2.64. The summed E-state index contributed by atoms with van der Waals surface area (Å²) in [6.07, 6.45) is 8.56. The Balaban J connectivity index is 2.08. The van der Waals surface area contributed by atoms with Gasteiger partial charge in [-0.2, -0.15) is 0 Å². The number of Topliss-reactive ketones (excluding diaryl/α,β-unsaturated/α-hetero) is 1. The zero-order valence-electron chi connectivity index (χ0n) is 9.22. The summed E-state index contributed by atoms with van der Waals surface area (Å²) in [7, 11) is 1.60. The van der Waals surface area contributed by atoms with E-state index >= 15 is 0 Å². The zero-order chi connectivity index (χ0) is 11.4. The number of ether oxygens (including phenoxy) is 1. The molecule has 0 aromatic heterocycles. The van der Waals surface area contributed by atoms with Crippen LogP contribution < -0.4 is 4.74 Å². The second-order valence-electron chi connectivity index (χ2n) is 3.79. The summed E-state index contributed by atoms with van der Waals surface area (Å²) >= 11 is 0. The molecule has 0 spiro atoms. The molecule has 0 saturated carbocycles. The minimum Gasteiger partial charge on any atom is -0.497 e. The standard InChI is InChI=1S/C14H14O2/c1-16-13-8-4-7-12(10-13)14(15)9-11-5-2-3-6-11/h2-8,10-11H,9H2,1H3. The maximum absolute atomic E-state index is 11.9. The maximum atomic E-state index is 11.9. The van der Waals surface area contributed by atoms with Crippen LogP contribution >= 0.6 is 0 Å². The van der Waals surface area contributed by atoms with Crippen molar-refractivity contribution >= 4 is 5.78 Å². The first-order chi connectivity index (χ1) is 7.79. The van der Waals surface area contributed by atoms with E-state index in [1.807, 2.05) is 42.5 Å². The Kier molecular flexibility index (Phi) is 3.20. The number of hydrogen-bond acceptors (Lipinski definition) is 2. The van der Waals surface area contributed by atoms with Crippen molar-refractivity contribution in [3.05, 3.63) is 54.1 Å². The molecular formula is C14H14O2. The number of allylic oxidation sites excluding steroid dienone is 4. The van der Waals surface area contributed by atoms with Crippen molar-refractivity contribution in [1.82, 2.24) is 0 Å². The molecular weight excluding hydrogens is 200 g/mol. The second kappa shape index (κ2) is 4.79. The number of carbonyl (C=O) groups excluding carboxylic acids is 1. The normalized spacial score (nSPS) is 14.3. The third-order valence-corrected chi connectivity index (χ3v) is 2.64. The van der Waals surface area contributed by atoms with Gasteiger partial charge in [-0.15, -0.1) is 0 Å². The van der Waals surface area contributed by atoms with Gasteiger partial charge in [0.25, 0.3) is 0 Å². The van der Waals surface area contributed by atoms with Gasteiger partial charge in [0, 0.05) is 17.9 Å². The summed E-state index contributed by atoms with van der Waals surface area (Å²) in [6, 6.07) is 7.29. The molecule has 0 unspecified atom stereocenters. The molecule has 2 nitrogen and oxygen atoms in total. The molecule has 82 valence electrons. The van der Waals surface area contributed by atoms with Gasteiger partial charge in [0.2, 0.25) is 0 Å². The van der Waals surface area contributed by atoms with Gasteiger partial charge >= 0.3 is 0 Å². The summed E-state index contributed by atoms with van der Waals surface area (Å²) in [5, 5.41) is 0. The highest BCUT2D eigenvalue weighted by Gasteiger charge is 2.12. The molecule has 0 saturated heterocycles. The van der Waals surface area contributed by atoms with Crippen molar-refractivity contribution < 1.29 is 9.53 Å². The smallest absolute Gasteiger partial charge is 0.163 e. The molecule has 1 aromatic carbocycles. The van der Waals surface area contributed by atoms with Gasteiger partial charge < -0.3 is 4.74 Å². The van der Waals surface area contributed by atoms with E-state index in [2.05, 4.69) is 0 Å². The minimum atomic E-state index is 0.153. The van der Waals surface area contributed by atoms with E-state index in [1.165, 1.54) is 0 Å².